The molecule has 19 heavy (non-hydrogen) atoms. The van der Waals surface area contributed by atoms with Crippen molar-refractivity contribution in [1.29, 1.82) is 0 Å². The summed E-state index contributed by atoms with van der Waals surface area (Å²) >= 11 is 0. The first-order valence-electron chi connectivity index (χ1n) is 6.10. The molecule has 104 valence electrons. The van der Waals surface area contributed by atoms with Crippen LogP contribution in [0.5, 0.6) is 0 Å². The zero-order valence-corrected chi connectivity index (χ0v) is 11.3. The second-order valence-electron chi connectivity index (χ2n) is 4.77. The first kappa shape index (κ1) is 14.0. The molecule has 1 aromatic rings. The van der Waals surface area contributed by atoms with E-state index in [4.69, 9.17) is 5.73 Å². The minimum absolute atomic E-state index is 0.000185. The van der Waals surface area contributed by atoms with Gasteiger partial charge in [-0.2, -0.15) is 0 Å². The van der Waals surface area contributed by atoms with Crippen molar-refractivity contribution >= 4 is 21.4 Å². The predicted molar refractivity (Wildman–Crippen MR) is 72.4 cm³/mol. The van der Waals surface area contributed by atoms with Crippen molar-refractivity contribution in [3.63, 3.8) is 0 Å². The molecule has 3 N–H and O–H groups in total. The highest BCUT2D eigenvalue weighted by molar-refractivity contribution is 7.91. The number of carbonyl (C=O) groups is 1. The summed E-state index contributed by atoms with van der Waals surface area (Å²) in [6, 6.07) is 3.12. The molecule has 0 radical (unpaired) electrons. The fourth-order valence-corrected chi connectivity index (χ4v) is 3.62. The van der Waals surface area contributed by atoms with E-state index >= 15 is 0 Å². The van der Waals surface area contributed by atoms with Gasteiger partial charge in [-0.3, -0.25) is 4.79 Å². The molecule has 1 aromatic heterocycles. The fraction of sp³-hybridized carbons (Fsp3) is 0.500. The number of nitrogens with one attached hydrogen (secondary N) is 1. The molecule has 0 amide bonds. The van der Waals surface area contributed by atoms with Gasteiger partial charge < -0.3 is 11.1 Å². The van der Waals surface area contributed by atoms with Gasteiger partial charge in [-0.15, -0.1) is 0 Å². The quantitative estimate of drug-likeness (QED) is 0.776. The summed E-state index contributed by atoms with van der Waals surface area (Å²) < 4.78 is 22.9. The zero-order chi connectivity index (χ0) is 13.9. The summed E-state index contributed by atoms with van der Waals surface area (Å²) in [4.78, 5) is 15.8. The summed E-state index contributed by atoms with van der Waals surface area (Å²) in [5, 5.41) is 3.07. The highest BCUT2D eigenvalue weighted by atomic mass is 32.2. The van der Waals surface area contributed by atoms with Gasteiger partial charge in [0.1, 0.15) is 11.6 Å². The molecule has 1 aliphatic heterocycles. The van der Waals surface area contributed by atoms with Crippen LogP contribution in [-0.4, -0.2) is 43.3 Å². The number of carbonyl (C=O) groups excluding carboxylic acids is 1. The summed E-state index contributed by atoms with van der Waals surface area (Å²) in [6.07, 6.45) is 2.04. The van der Waals surface area contributed by atoms with E-state index in [1.54, 1.807) is 18.3 Å². The van der Waals surface area contributed by atoms with Gasteiger partial charge >= 0.3 is 0 Å². The van der Waals surface area contributed by atoms with Crippen LogP contribution < -0.4 is 11.1 Å². The first-order valence-corrected chi connectivity index (χ1v) is 7.93. The Hall–Kier alpha value is -1.47. The number of nitrogens with zero attached hydrogens (tertiary/aromatic N) is 1. The van der Waals surface area contributed by atoms with E-state index in [2.05, 4.69) is 10.3 Å². The van der Waals surface area contributed by atoms with E-state index in [0.29, 0.717) is 12.4 Å². The molecule has 0 aromatic carbocycles. The Bertz CT molecular complexity index is 571. The minimum Gasteiger partial charge on any atom is -0.384 e. The monoisotopic (exact) mass is 283 g/mol. The van der Waals surface area contributed by atoms with Crippen molar-refractivity contribution in [2.24, 2.45) is 0 Å². The topological polar surface area (TPSA) is 102 Å². The van der Waals surface area contributed by atoms with Crippen molar-refractivity contribution in [2.75, 3.05) is 23.8 Å². The van der Waals surface area contributed by atoms with E-state index in [9.17, 15) is 13.2 Å². The van der Waals surface area contributed by atoms with Crippen LogP contribution in [0.25, 0.3) is 0 Å². The lowest BCUT2D eigenvalue weighted by Crippen LogP contribution is -2.46. The van der Waals surface area contributed by atoms with Gasteiger partial charge in [-0.25, -0.2) is 13.4 Å². The van der Waals surface area contributed by atoms with E-state index in [-0.39, 0.29) is 36.2 Å². The average Bonchev–Trinajstić information content (AvgIpc) is 2.27. The number of hydrogen-bond acceptors (Lipinski definition) is 6. The lowest BCUT2D eigenvalue weighted by Gasteiger charge is -2.22. The second kappa shape index (κ2) is 5.66. The Kier molecular flexibility index (Phi) is 4.16. The van der Waals surface area contributed by atoms with Crippen molar-refractivity contribution < 1.29 is 13.2 Å². The van der Waals surface area contributed by atoms with Gasteiger partial charge in [-0.1, -0.05) is 0 Å². The Morgan fingerprint density at radius 1 is 1.53 bits per heavy atom. The van der Waals surface area contributed by atoms with Gasteiger partial charge in [0, 0.05) is 31.6 Å². The number of nitrogens with two attached hydrogens (primary N) is 1. The number of sulfone groups is 1. The molecule has 7 heteroatoms. The summed E-state index contributed by atoms with van der Waals surface area (Å²) in [7, 11) is -3.00. The van der Waals surface area contributed by atoms with Crippen molar-refractivity contribution in [2.45, 2.75) is 18.9 Å². The van der Waals surface area contributed by atoms with E-state index in [1.807, 2.05) is 0 Å². The molecule has 0 bridgehead atoms. The third-order valence-electron chi connectivity index (χ3n) is 3.02. The number of ketones is 1. The summed E-state index contributed by atoms with van der Waals surface area (Å²) in [5.74, 6) is 0.569. The summed E-state index contributed by atoms with van der Waals surface area (Å²) in [6.45, 7) is 0.419. The minimum atomic E-state index is -3.00. The van der Waals surface area contributed by atoms with Gasteiger partial charge in [0.2, 0.25) is 0 Å². The number of aromatic nitrogens is 1. The molecular weight excluding hydrogens is 266 g/mol. The molecule has 1 unspecified atom stereocenters. The van der Waals surface area contributed by atoms with Crippen LogP contribution in [0.2, 0.25) is 0 Å². The number of hydrogen-bond donors (Lipinski definition) is 2. The van der Waals surface area contributed by atoms with E-state index < -0.39 is 9.84 Å². The molecule has 1 fully saturated rings. The lowest BCUT2D eigenvalue weighted by molar-refractivity contribution is -0.118. The Morgan fingerprint density at radius 2 is 2.32 bits per heavy atom. The molecule has 0 aliphatic carbocycles. The lowest BCUT2D eigenvalue weighted by atomic mass is 10.0. The van der Waals surface area contributed by atoms with E-state index in [1.165, 1.54) is 0 Å². The SMILES string of the molecule is Nc1cc(CC(=O)CC2CS(=O)(=O)CCN2)ccn1. The second-order valence-corrected chi connectivity index (χ2v) is 7.00. The van der Waals surface area contributed by atoms with Gasteiger partial charge in [-0.05, 0) is 17.7 Å². The van der Waals surface area contributed by atoms with Crippen molar-refractivity contribution in [1.82, 2.24) is 10.3 Å². The number of pyridine rings is 1. The average molecular weight is 283 g/mol. The van der Waals surface area contributed by atoms with Gasteiger partial charge in [0.25, 0.3) is 0 Å². The van der Waals surface area contributed by atoms with Crippen LogP contribution in [0.1, 0.15) is 12.0 Å². The third-order valence-corrected chi connectivity index (χ3v) is 4.76. The molecule has 2 rings (SSSR count). The maximum Gasteiger partial charge on any atom is 0.153 e. The fourth-order valence-electron chi connectivity index (χ4n) is 2.18. The van der Waals surface area contributed by atoms with Crippen LogP contribution >= 0.6 is 0 Å². The standard InChI is InChI=1S/C12H17N3O3S/c13-12-6-9(1-2-15-12)5-11(16)7-10-8-19(17,18)4-3-14-10/h1-2,6,10,14H,3-5,7-8H2,(H2,13,15). The first-order chi connectivity index (χ1) is 8.94. The van der Waals surface area contributed by atoms with Crippen LogP contribution in [0.3, 0.4) is 0 Å². The molecule has 1 saturated heterocycles. The van der Waals surface area contributed by atoms with Crippen LogP contribution in [0.15, 0.2) is 18.3 Å². The smallest absolute Gasteiger partial charge is 0.153 e. The maximum atomic E-state index is 11.9. The third kappa shape index (κ3) is 4.29. The Labute approximate surface area is 112 Å². The molecule has 2 heterocycles. The maximum absolute atomic E-state index is 11.9. The molecule has 1 aliphatic rings. The van der Waals surface area contributed by atoms with Crippen molar-refractivity contribution in [3.05, 3.63) is 23.9 Å². The largest absolute Gasteiger partial charge is 0.384 e. The number of anilines is 1. The summed E-state index contributed by atoms with van der Waals surface area (Å²) in [5.41, 5.74) is 6.34. The number of rotatable bonds is 4. The molecule has 0 saturated carbocycles. The Balaban J connectivity index is 1.91. The normalized spacial score (nSPS) is 22.0. The van der Waals surface area contributed by atoms with E-state index in [0.717, 1.165) is 5.56 Å². The number of Topliss-reactive ketones (excluding diaryl/α,β-unsaturated/α-hetero) is 1. The number of nitrogen functional groups attached to an aromatic ring is 1. The van der Waals surface area contributed by atoms with Crippen LogP contribution in [0, 0.1) is 0 Å². The molecule has 6 nitrogen and oxygen atoms in total. The molecular formula is C12H17N3O3S. The molecule has 0 spiro atoms. The molecule has 1 atom stereocenters. The zero-order valence-electron chi connectivity index (χ0n) is 10.5. The highest BCUT2D eigenvalue weighted by Crippen LogP contribution is 2.09. The van der Waals surface area contributed by atoms with Crippen LogP contribution in [-0.2, 0) is 21.1 Å². The highest BCUT2D eigenvalue weighted by Gasteiger charge is 2.25. The van der Waals surface area contributed by atoms with Gasteiger partial charge in [0.05, 0.1) is 11.5 Å². The predicted octanol–water partition coefficient (Wildman–Crippen LogP) is -0.448. The Morgan fingerprint density at radius 3 is 3.00 bits per heavy atom. The van der Waals surface area contributed by atoms with Crippen molar-refractivity contribution in [3.8, 4) is 0 Å². The van der Waals surface area contributed by atoms with Crippen LogP contribution in [0.4, 0.5) is 5.82 Å². The van der Waals surface area contributed by atoms with Gasteiger partial charge in [0.15, 0.2) is 9.84 Å².